The number of nitrogens with zero attached hydrogens (tertiary/aromatic N) is 1. The van der Waals surface area contributed by atoms with Crippen molar-refractivity contribution in [1.29, 1.82) is 0 Å². The summed E-state index contributed by atoms with van der Waals surface area (Å²) in [7, 11) is 0. The van der Waals surface area contributed by atoms with E-state index in [1.54, 1.807) is 0 Å². The van der Waals surface area contributed by atoms with E-state index < -0.39 is 0 Å². The third kappa shape index (κ3) is 5.30. The molecule has 11 aromatic rings. The smallest absolute Gasteiger partial charge is 0.0878 e. The molecule has 4 nitrogen and oxygen atoms in total. The van der Waals surface area contributed by atoms with Gasteiger partial charge in [0, 0.05) is 62.4 Å². The molecule has 2 unspecified atom stereocenters. The zero-order chi connectivity index (χ0) is 37.5. The second-order valence-corrected chi connectivity index (χ2v) is 17.1. The van der Waals surface area contributed by atoms with Crippen molar-refractivity contribution >= 4 is 84.8 Å². The maximum absolute atomic E-state index is 3.93. The minimum atomic E-state index is -0.0783. The van der Waals surface area contributed by atoms with E-state index in [9.17, 15) is 0 Å². The van der Waals surface area contributed by atoms with Crippen molar-refractivity contribution in [2.45, 2.75) is 18.5 Å². The summed E-state index contributed by atoms with van der Waals surface area (Å²) in [5, 5.41) is 19.5. The summed E-state index contributed by atoms with van der Waals surface area (Å²) in [4.78, 5) is 0. The molecule has 0 bridgehead atoms. The van der Waals surface area contributed by atoms with Crippen LogP contribution in [0.5, 0.6) is 0 Å². The van der Waals surface area contributed by atoms with Gasteiger partial charge in [0.25, 0.3) is 0 Å². The van der Waals surface area contributed by atoms with Crippen LogP contribution in [0.3, 0.4) is 0 Å². The molecule has 1 fully saturated rings. The lowest BCUT2D eigenvalue weighted by Crippen LogP contribution is -2.54. The van der Waals surface area contributed by atoms with Crippen molar-refractivity contribution in [3.8, 4) is 16.8 Å². The molecule has 4 heterocycles. The van der Waals surface area contributed by atoms with E-state index in [1.807, 2.05) is 22.7 Å². The zero-order valence-corrected chi connectivity index (χ0v) is 32.4. The molecule has 1 aliphatic rings. The average Bonchev–Trinajstić information content (AvgIpc) is 3.96. The normalized spacial score (nSPS) is 17.4. The Morgan fingerprint density at radius 1 is 0.386 bits per heavy atom. The molecule has 2 atom stereocenters. The third-order valence-electron chi connectivity index (χ3n) is 11.7. The predicted molar refractivity (Wildman–Crippen MR) is 243 cm³/mol. The molecule has 12 rings (SSSR count). The molecule has 1 saturated heterocycles. The van der Waals surface area contributed by atoms with Crippen LogP contribution < -0.4 is 16.0 Å². The Balaban J connectivity index is 1.02. The maximum Gasteiger partial charge on any atom is 0.0878 e. The molecular weight excluding hydrogens is 733 g/mol. The first kappa shape index (κ1) is 33.1. The van der Waals surface area contributed by atoms with Crippen LogP contribution in [0.15, 0.2) is 182 Å². The van der Waals surface area contributed by atoms with Gasteiger partial charge in [0.1, 0.15) is 0 Å². The van der Waals surface area contributed by atoms with Crippen molar-refractivity contribution in [1.82, 2.24) is 20.5 Å². The highest BCUT2D eigenvalue weighted by Crippen LogP contribution is 2.47. The highest BCUT2D eigenvalue weighted by atomic mass is 32.1. The fraction of sp³-hybridized carbons (Fsp3) is 0.0588. The summed E-state index contributed by atoms with van der Waals surface area (Å²) >= 11 is 3.78. The minimum absolute atomic E-state index is 0.0280. The second-order valence-electron chi connectivity index (χ2n) is 15.0. The number of fused-ring (bicyclic) bond motifs is 9. The van der Waals surface area contributed by atoms with Gasteiger partial charge < -0.3 is 4.57 Å². The minimum Gasteiger partial charge on any atom is -0.309 e. The summed E-state index contributed by atoms with van der Waals surface area (Å²) in [6.45, 7) is 0. The van der Waals surface area contributed by atoms with Gasteiger partial charge in [-0.15, -0.1) is 22.7 Å². The van der Waals surface area contributed by atoms with Crippen molar-refractivity contribution in [2.75, 3.05) is 0 Å². The van der Waals surface area contributed by atoms with Gasteiger partial charge >= 0.3 is 0 Å². The quantitative estimate of drug-likeness (QED) is 0.163. The van der Waals surface area contributed by atoms with Crippen LogP contribution in [0.25, 0.3) is 79.0 Å². The van der Waals surface area contributed by atoms with E-state index >= 15 is 0 Å². The fourth-order valence-electron chi connectivity index (χ4n) is 9.20. The SMILES string of the molecule is c1ccc(C2NC(c3ccccc3)NC(c3cccc4c3sc3cccc(-c5cccc6sc7ccc(-n8c9ccccc9c9ccccc98)cc7c56)c34)N2)cc1. The maximum atomic E-state index is 3.93. The first-order chi connectivity index (χ1) is 28.3. The number of nitrogens with one attached hydrogen (secondary N) is 3. The molecule has 0 amide bonds. The molecule has 8 aromatic carbocycles. The summed E-state index contributed by atoms with van der Waals surface area (Å²) in [5.41, 5.74) is 9.89. The van der Waals surface area contributed by atoms with E-state index in [2.05, 4.69) is 203 Å². The first-order valence-electron chi connectivity index (χ1n) is 19.5. The summed E-state index contributed by atoms with van der Waals surface area (Å²) in [6, 6.07) is 66.5. The number of benzene rings is 8. The molecule has 272 valence electrons. The Morgan fingerprint density at radius 2 is 0.912 bits per heavy atom. The summed E-state index contributed by atoms with van der Waals surface area (Å²) in [6.07, 6.45) is -0.134. The van der Waals surface area contributed by atoms with Gasteiger partial charge in [-0.25, -0.2) is 0 Å². The average molecular weight is 769 g/mol. The monoisotopic (exact) mass is 768 g/mol. The Bertz CT molecular complexity index is 3210. The van der Waals surface area contributed by atoms with Gasteiger partial charge in [0.15, 0.2) is 0 Å². The molecule has 3 aromatic heterocycles. The van der Waals surface area contributed by atoms with Crippen LogP contribution >= 0.6 is 22.7 Å². The van der Waals surface area contributed by atoms with Gasteiger partial charge in [-0.1, -0.05) is 140 Å². The molecule has 0 spiro atoms. The van der Waals surface area contributed by atoms with Gasteiger partial charge in [-0.2, -0.15) is 0 Å². The second kappa shape index (κ2) is 13.2. The Hall–Kier alpha value is -6.12. The van der Waals surface area contributed by atoms with E-state index in [1.165, 1.54) is 95.7 Å². The fourth-order valence-corrected chi connectivity index (χ4v) is 11.6. The molecule has 0 aliphatic carbocycles. The van der Waals surface area contributed by atoms with Crippen LogP contribution in [-0.2, 0) is 0 Å². The van der Waals surface area contributed by atoms with E-state index in [0.717, 1.165) is 0 Å². The lowest BCUT2D eigenvalue weighted by Gasteiger charge is -2.39. The van der Waals surface area contributed by atoms with Crippen molar-refractivity contribution in [2.24, 2.45) is 0 Å². The molecule has 6 heteroatoms. The molecule has 57 heavy (non-hydrogen) atoms. The molecule has 3 N–H and O–H groups in total. The molecular formula is C51H36N4S2. The van der Waals surface area contributed by atoms with Crippen LogP contribution in [0.4, 0.5) is 0 Å². The Morgan fingerprint density at radius 3 is 1.56 bits per heavy atom. The van der Waals surface area contributed by atoms with Crippen molar-refractivity contribution in [3.63, 3.8) is 0 Å². The molecule has 0 saturated carbocycles. The number of aromatic nitrogens is 1. The van der Waals surface area contributed by atoms with Crippen LogP contribution in [0.1, 0.15) is 35.2 Å². The van der Waals surface area contributed by atoms with E-state index in [4.69, 9.17) is 0 Å². The number of thiophene rings is 2. The van der Waals surface area contributed by atoms with Gasteiger partial charge in [-0.05, 0) is 64.7 Å². The third-order valence-corrected chi connectivity index (χ3v) is 14.1. The predicted octanol–water partition coefficient (Wildman–Crippen LogP) is 13.4. The molecule has 1 aliphatic heterocycles. The van der Waals surface area contributed by atoms with Crippen molar-refractivity contribution < 1.29 is 0 Å². The topological polar surface area (TPSA) is 41.0 Å². The van der Waals surface area contributed by atoms with Crippen LogP contribution in [0.2, 0.25) is 0 Å². The largest absolute Gasteiger partial charge is 0.309 e. The summed E-state index contributed by atoms with van der Waals surface area (Å²) < 4.78 is 7.64. The van der Waals surface area contributed by atoms with Crippen LogP contribution in [0, 0.1) is 0 Å². The highest BCUT2D eigenvalue weighted by Gasteiger charge is 2.31. The highest BCUT2D eigenvalue weighted by molar-refractivity contribution is 7.26. The Kier molecular flexibility index (Phi) is 7.68. The van der Waals surface area contributed by atoms with Gasteiger partial charge in [-0.3, -0.25) is 16.0 Å². The van der Waals surface area contributed by atoms with E-state index in [0.29, 0.717) is 0 Å². The Labute approximate surface area is 337 Å². The lowest BCUT2D eigenvalue weighted by molar-refractivity contribution is 0.204. The van der Waals surface area contributed by atoms with Crippen LogP contribution in [-0.4, -0.2) is 4.57 Å². The standard InChI is InChI=1S/C51H36N4S2/c1-3-14-31(15-4-1)49-52-50(32-16-5-2-6-17-32)54-51(53-49)39-23-11-22-38-46-36(20-13-27-45(46)57-48(38)39)37-21-12-26-44-47(37)40-30-33(28-29-43(40)56-44)55-41-24-9-7-18-34(41)35-19-8-10-25-42(35)55/h1-30,49-54H. The van der Waals surface area contributed by atoms with Gasteiger partial charge in [0.2, 0.25) is 0 Å². The number of para-hydroxylation sites is 2. The zero-order valence-electron chi connectivity index (χ0n) is 30.8. The number of rotatable bonds is 5. The number of hydrogen-bond acceptors (Lipinski definition) is 5. The summed E-state index contributed by atoms with van der Waals surface area (Å²) in [5.74, 6) is 0. The number of hydrogen-bond donors (Lipinski definition) is 3. The first-order valence-corrected chi connectivity index (χ1v) is 21.2. The van der Waals surface area contributed by atoms with E-state index in [-0.39, 0.29) is 18.5 Å². The molecule has 0 radical (unpaired) electrons. The lowest BCUT2D eigenvalue weighted by atomic mass is 9.94. The van der Waals surface area contributed by atoms with Gasteiger partial charge in [0.05, 0.1) is 29.5 Å². The van der Waals surface area contributed by atoms with Crippen molar-refractivity contribution in [3.05, 3.63) is 199 Å².